The Morgan fingerprint density at radius 3 is 2.73 bits per heavy atom. The molecule has 2 rings (SSSR count). The predicted octanol–water partition coefficient (Wildman–Crippen LogP) is 2.49. The molecule has 1 heterocycles. The van der Waals surface area contributed by atoms with Crippen LogP contribution in [0.1, 0.15) is 19.8 Å². The highest BCUT2D eigenvalue weighted by atomic mass is 15.0. The summed E-state index contributed by atoms with van der Waals surface area (Å²) in [4.78, 5) is 0. The van der Waals surface area contributed by atoms with E-state index >= 15 is 0 Å². The SMILES string of the molecule is C[C@H]1CC[C@@H](CNc2ccccc2)NC1. The van der Waals surface area contributed by atoms with Crippen LogP contribution in [0, 0.1) is 5.92 Å². The molecule has 15 heavy (non-hydrogen) atoms. The summed E-state index contributed by atoms with van der Waals surface area (Å²) in [5.41, 5.74) is 1.22. The first kappa shape index (κ1) is 10.5. The maximum absolute atomic E-state index is 3.58. The Kier molecular flexibility index (Phi) is 3.62. The standard InChI is InChI=1S/C13H20N2/c1-11-7-8-13(14-9-11)10-15-12-5-3-2-4-6-12/h2-6,11,13-15H,7-10H2,1H3/t11-,13-/m0/s1. The van der Waals surface area contributed by atoms with Crippen LogP contribution in [0.5, 0.6) is 0 Å². The zero-order valence-electron chi connectivity index (χ0n) is 9.37. The van der Waals surface area contributed by atoms with Gasteiger partial charge in [0.05, 0.1) is 0 Å². The van der Waals surface area contributed by atoms with Crippen molar-refractivity contribution in [3.8, 4) is 0 Å². The monoisotopic (exact) mass is 204 g/mol. The molecule has 1 fully saturated rings. The lowest BCUT2D eigenvalue weighted by atomic mass is 9.96. The van der Waals surface area contributed by atoms with E-state index in [1.54, 1.807) is 0 Å². The van der Waals surface area contributed by atoms with Gasteiger partial charge in [0.25, 0.3) is 0 Å². The van der Waals surface area contributed by atoms with Gasteiger partial charge in [-0.25, -0.2) is 0 Å². The average Bonchev–Trinajstić information content (AvgIpc) is 2.30. The quantitative estimate of drug-likeness (QED) is 0.790. The molecule has 0 unspecified atom stereocenters. The highest BCUT2D eigenvalue weighted by Crippen LogP contribution is 2.14. The second-order valence-corrected chi connectivity index (χ2v) is 4.53. The van der Waals surface area contributed by atoms with E-state index in [1.807, 2.05) is 6.07 Å². The van der Waals surface area contributed by atoms with Crippen molar-refractivity contribution in [2.45, 2.75) is 25.8 Å². The molecule has 1 saturated heterocycles. The number of hydrogen-bond donors (Lipinski definition) is 2. The van der Waals surface area contributed by atoms with Gasteiger partial charge in [-0.2, -0.15) is 0 Å². The summed E-state index contributed by atoms with van der Waals surface area (Å²) in [7, 11) is 0. The summed E-state index contributed by atoms with van der Waals surface area (Å²) in [6, 6.07) is 11.1. The Balaban J connectivity index is 1.74. The van der Waals surface area contributed by atoms with Gasteiger partial charge < -0.3 is 10.6 Å². The number of piperidine rings is 1. The molecule has 2 N–H and O–H groups in total. The molecule has 0 aromatic heterocycles. The number of nitrogens with one attached hydrogen (secondary N) is 2. The second-order valence-electron chi connectivity index (χ2n) is 4.53. The van der Waals surface area contributed by atoms with E-state index in [9.17, 15) is 0 Å². The number of rotatable bonds is 3. The fourth-order valence-electron chi connectivity index (χ4n) is 2.03. The molecular formula is C13H20N2. The first-order valence-corrected chi connectivity index (χ1v) is 5.87. The minimum atomic E-state index is 0.640. The van der Waals surface area contributed by atoms with Crippen LogP contribution in [-0.2, 0) is 0 Å². The Morgan fingerprint density at radius 1 is 1.27 bits per heavy atom. The third-order valence-corrected chi connectivity index (χ3v) is 3.09. The molecular weight excluding hydrogens is 184 g/mol. The summed E-state index contributed by atoms with van der Waals surface area (Å²) in [6.45, 7) is 4.52. The van der Waals surface area contributed by atoms with Crippen LogP contribution in [0.25, 0.3) is 0 Å². The molecule has 0 bridgehead atoms. The van der Waals surface area contributed by atoms with Crippen LogP contribution in [0.15, 0.2) is 30.3 Å². The summed E-state index contributed by atoms with van der Waals surface area (Å²) >= 11 is 0. The van der Waals surface area contributed by atoms with Crippen molar-refractivity contribution < 1.29 is 0 Å². The van der Waals surface area contributed by atoms with E-state index in [2.05, 4.69) is 41.8 Å². The van der Waals surface area contributed by atoms with Crippen molar-refractivity contribution in [2.24, 2.45) is 5.92 Å². The fraction of sp³-hybridized carbons (Fsp3) is 0.538. The van der Waals surface area contributed by atoms with Gasteiger partial charge in [0.2, 0.25) is 0 Å². The molecule has 1 aromatic carbocycles. The van der Waals surface area contributed by atoms with Crippen LogP contribution in [0.2, 0.25) is 0 Å². The molecule has 0 amide bonds. The second kappa shape index (κ2) is 5.17. The molecule has 2 nitrogen and oxygen atoms in total. The van der Waals surface area contributed by atoms with E-state index in [4.69, 9.17) is 0 Å². The molecule has 1 aliphatic heterocycles. The van der Waals surface area contributed by atoms with E-state index in [0.717, 1.165) is 12.5 Å². The third-order valence-electron chi connectivity index (χ3n) is 3.09. The van der Waals surface area contributed by atoms with Gasteiger partial charge in [-0.15, -0.1) is 0 Å². The van der Waals surface area contributed by atoms with Crippen LogP contribution >= 0.6 is 0 Å². The molecule has 82 valence electrons. The van der Waals surface area contributed by atoms with Crippen LogP contribution in [-0.4, -0.2) is 19.1 Å². The van der Waals surface area contributed by atoms with Gasteiger partial charge in [0.1, 0.15) is 0 Å². The lowest BCUT2D eigenvalue weighted by Gasteiger charge is -2.28. The van der Waals surface area contributed by atoms with E-state index in [-0.39, 0.29) is 0 Å². The first-order chi connectivity index (χ1) is 7.34. The Hall–Kier alpha value is -1.02. The van der Waals surface area contributed by atoms with Crippen molar-refractivity contribution in [3.05, 3.63) is 30.3 Å². The Bertz CT molecular complexity index is 276. The van der Waals surface area contributed by atoms with Gasteiger partial charge in [-0.3, -0.25) is 0 Å². The average molecular weight is 204 g/mol. The molecule has 1 aliphatic rings. The zero-order valence-corrected chi connectivity index (χ0v) is 9.37. The Labute approximate surface area is 92.1 Å². The zero-order chi connectivity index (χ0) is 10.5. The summed E-state index contributed by atoms with van der Waals surface area (Å²) in [5.74, 6) is 0.845. The summed E-state index contributed by atoms with van der Waals surface area (Å²) in [6.07, 6.45) is 2.65. The third kappa shape index (κ3) is 3.24. The number of benzene rings is 1. The van der Waals surface area contributed by atoms with Crippen molar-refractivity contribution in [1.82, 2.24) is 5.32 Å². The number of anilines is 1. The largest absolute Gasteiger partial charge is 0.383 e. The summed E-state index contributed by atoms with van der Waals surface area (Å²) in [5, 5.41) is 7.04. The van der Waals surface area contributed by atoms with Gasteiger partial charge in [-0.1, -0.05) is 25.1 Å². The van der Waals surface area contributed by atoms with Crippen molar-refractivity contribution in [3.63, 3.8) is 0 Å². The van der Waals surface area contributed by atoms with Crippen LogP contribution in [0.3, 0.4) is 0 Å². The van der Waals surface area contributed by atoms with Gasteiger partial charge in [0, 0.05) is 18.3 Å². The first-order valence-electron chi connectivity index (χ1n) is 5.87. The van der Waals surface area contributed by atoms with E-state index in [0.29, 0.717) is 6.04 Å². The molecule has 1 aromatic rings. The van der Waals surface area contributed by atoms with Crippen LogP contribution < -0.4 is 10.6 Å². The molecule has 0 saturated carbocycles. The van der Waals surface area contributed by atoms with Crippen molar-refractivity contribution in [2.75, 3.05) is 18.4 Å². The fourth-order valence-corrected chi connectivity index (χ4v) is 2.03. The normalized spacial score (nSPS) is 26.2. The maximum atomic E-state index is 3.58. The van der Waals surface area contributed by atoms with Crippen molar-refractivity contribution >= 4 is 5.69 Å². The smallest absolute Gasteiger partial charge is 0.0340 e. The van der Waals surface area contributed by atoms with Crippen molar-refractivity contribution in [1.29, 1.82) is 0 Å². The minimum Gasteiger partial charge on any atom is -0.383 e. The highest BCUT2D eigenvalue weighted by molar-refractivity contribution is 5.42. The van der Waals surface area contributed by atoms with E-state index in [1.165, 1.54) is 25.1 Å². The minimum absolute atomic E-state index is 0.640. The van der Waals surface area contributed by atoms with E-state index < -0.39 is 0 Å². The van der Waals surface area contributed by atoms with Crippen LogP contribution in [0.4, 0.5) is 5.69 Å². The molecule has 0 spiro atoms. The highest BCUT2D eigenvalue weighted by Gasteiger charge is 2.16. The molecule has 0 radical (unpaired) electrons. The number of hydrogen-bond acceptors (Lipinski definition) is 2. The van der Waals surface area contributed by atoms with Gasteiger partial charge >= 0.3 is 0 Å². The topological polar surface area (TPSA) is 24.1 Å². The number of para-hydroxylation sites is 1. The predicted molar refractivity (Wildman–Crippen MR) is 65.1 cm³/mol. The lowest BCUT2D eigenvalue weighted by Crippen LogP contribution is -2.42. The summed E-state index contributed by atoms with van der Waals surface area (Å²) < 4.78 is 0. The lowest BCUT2D eigenvalue weighted by molar-refractivity contribution is 0.336. The van der Waals surface area contributed by atoms with Gasteiger partial charge in [-0.05, 0) is 37.4 Å². The van der Waals surface area contributed by atoms with Gasteiger partial charge in [0.15, 0.2) is 0 Å². The Morgan fingerprint density at radius 2 is 2.07 bits per heavy atom. The molecule has 2 heteroatoms. The molecule has 0 aliphatic carbocycles. The maximum Gasteiger partial charge on any atom is 0.0340 e. The molecule has 2 atom stereocenters.